The van der Waals surface area contributed by atoms with E-state index in [-0.39, 0.29) is 16.6 Å². The van der Waals surface area contributed by atoms with E-state index >= 15 is 0 Å². The zero-order valence-corrected chi connectivity index (χ0v) is 28.1. The van der Waals surface area contributed by atoms with Crippen molar-refractivity contribution in [3.63, 3.8) is 0 Å². The summed E-state index contributed by atoms with van der Waals surface area (Å²) < 4.78 is 36.7. The minimum atomic E-state index is -0.839. The standard InChI is InChI=1S/C37H44F2N6O3/c1-26-21-30(48-20-8-6-4-5-7-16-45-17-13-43(14-18-45)15-19-45)9-11-33(26)44-25-32(37(47)40-29-23-27(38)22-28(39)24-29)35(46)31-10-12-34(42(2)3)41-36(31)44/h9-12,21-25H,4-8,13-20H2,1-3H3/p+1. The number of aryl methyl sites for hydroxylation is 1. The summed E-state index contributed by atoms with van der Waals surface area (Å²) in [5.74, 6) is -1.08. The summed E-state index contributed by atoms with van der Waals surface area (Å²) >= 11 is 0. The quantitative estimate of drug-likeness (QED) is 0.145. The van der Waals surface area contributed by atoms with Crippen LogP contribution in [0.1, 0.15) is 48.0 Å². The number of unbranched alkanes of at least 4 members (excludes halogenated alkanes) is 4. The summed E-state index contributed by atoms with van der Waals surface area (Å²) in [6.07, 6.45) is 7.36. The first-order valence-electron chi connectivity index (χ1n) is 16.9. The third kappa shape index (κ3) is 7.52. The molecule has 0 unspecified atom stereocenters. The molecule has 48 heavy (non-hydrogen) atoms. The molecule has 2 bridgehead atoms. The van der Waals surface area contributed by atoms with Gasteiger partial charge in [-0.25, -0.2) is 13.8 Å². The number of anilines is 2. The molecule has 0 aliphatic carbocycles. The number of carbonyl (C=O) groups excluding carboxylic acids is 1. The molecule has 3 fully saturated rings. The first-order valence-corrected chi connectivity index (χ1v) is 16.9. The van der Waals surface area contributed by atoms with Gasteiger partial charge in [0.15, 0.2) is 5.65 Å². The molecule has 2 aromatic carbocycles. The number of fused-ring (bicyclic) bond motifs is 4. The molecule has 0 atom stereocenters. The molecular weight excluding hydrogens is 614 g/mol. The van der Waals surface area contributed by atoms with Gasteiger partial charge < -0.3 is 19.4 Å². The summed E-state index contributed by atoms with van der Waals surface area (Å²) in [5, 5.41) is 2.70. The highest BCUT2D eigenvalue weighted by Crippen LogP contribution is 2.26. The molecule has 2 aromatic heterocycles. The zero-order valence-electron chi connectivity index (χ0n) is 28.1. The molecular formula is C37H45F2N6O3+. The van der Waals surface area contributed by atoms with Crippen molar-refractivity contribution in [1.82, 2.24) is 14.5 Å². The van der Waals surface area contributed by atoms with Crippen molar-refractivity contribution in [1.29, 1.82) is 0 Å². The first-order chi connectivity index (χ1) is 23.1. The van der Waals surface area contributed by atoms with Crippen molar-refractivity contribution in [2.24, 2.45) is 0 Å². The Bertz CT molecular complexity index is 1820. The highest BCUT2D eigenvalue weighted by atomic mass is 19.1. The highest BCUT2D eigenvalue weighted by Gasteiger charge is 2.37. The van der Waals surface area contributed by atoms with E-state index in [2.05, 4.69) is 10.2 Å². The van der Waals surface area contributed by atoms with Crippen LogP contribution < -0.4 is 20.4 Å². The molecule has 0 saturated carbocycles. The molecule has 1 N–H and O–H groups in total. The topological polar surface area (TPSA) is 79.7 Å². The Hall–Kier alpha value is -4.35. The summed E-state index contributed by atoms with van der Waals surface area (Å²) in [7, 11) is 3.71. The van der Waals surface area contributed by atoms with E-state index < -0.39 is 23.0 Å². The molecule has 0 radical (unpaired) electrons. The third-order valence-electron chi connectivity index (χ3n) is 9.80. The lowest BCUT2D eigenvalue weighted by atomic mass is 10.1. The fourth-order valence-corrected chi connectivity index (χ4v) is 6.94. The Morgan fingerprint density at radius 2 is 1.62 bits per heavy atom. The Morgan fingerprint density at radius 1 is 0.938 bits per heavy atom. The number of halogens is 2. The van der Waals surface area contributed by atoms with Crippen molar-refractivity contribution in [2.45, 2.75) is 39.0 Å². The van der Waals surface area contributed by atoms with Crippen LogP contribution in [0.5, 0.6) is 5.75 Å². The van der Waals surface area contributed by atoms with E-state index in [4.69, 9.17) is 9.72 Å². The van der Waals surface area contributed by atoms with Crippen LogP contribution in [-0.2, 0) is 0 Å². The number of aromatic nitrogens is 2. The predicted molar refractivity (Wildman–Crippen MR) is 185 cm³/mol. The van der Waals surface area contributed by atoms with Gasteiger partial charge in [-0.15, -0.1) is 0 Å². The number of amides is 1. The van der Waals surface area contributed by atoms with Gasteiger partial charge in [-0.05, 0) is 74.2 Å². The van der Waals surface area contributed by atoms with Crippen molar-refractivity contribution in [2.75, 3.05) is 76.7 Å². The third-order valence-corrected chi connectivity index (χ3v) is 9.80. The molecule has 254 valence electrons. The van der Waals surface area contributed by atoms with Crippen LogP contribution in [-0.4, -0.2) is 91.4 Å². The molecule has 1 amide bonds. The second-order valence-corrected chi connectivity index (χ2v) is 13.4. The van der Waals surface area contributed by atoms with Gasteiger partial charge in [-0.1, -0.05) is 12.8 Å². The normalized spacial score (nSPS) is 18.6. The Kier molecular flexibility index (Phi) is 10.1. The maximum Gasteiger partial charge on any atom is 0.261 e. The zero-order chi connectivity index (χ0) is 33.8. The van der Waals surface area contributed by atoms with Crippen LogP contribution in [0.15, 0.2) is 59.5 Å². The van der Waals surface area contributed by atoms with Crippen LogP contribution >= 0.6 is 0 Å². The molecule has 7 rings (SSSR count). The summed E-state index contributed by atoms with van der Waals surface area (Å²) in [6, 6.07) is 11.7. The molecule has 3 aliphatic rings. The molecule has 11 heteroatoms. The molecule has 9 nitrogen and oxygen atoms in total. The molecule has 3 saturated heterocycles. The fraction of sp³-hybridized carbons (Fsp3) is 0.432. The lowest BCUT2D eigenvalue weighted by Gasteiger charge is -2.50. The number of nitrogens with one attached hydrogen (secondary N) is 1. The second kappa shape index (κ2) is 14.4. The van der Waals surface area contributed by atoms with Gasteiger partial charge in [0, 0.05) is 51.7 Å². The van der Waals surface area contributed by atoms with E-state index in [0.717, 1.165) is 36.3 Å². The van der Waals surface area contributed by atoms with Gasteiger partial charge in [0.25, 0.3) is 5.91 Å². The average Bonchev–Trinajstić information content (AvgIpc) is 3.06. The van der Waals surface area contributed by atoms with Crippen LogP contribution in [0.2, 0.25) is 0 Å². The van der Waals surface area contributed by atoms with Gasteiger partial charge >= 0.3 is 0 Å². The number of hydrogen-bond donors (Lipinski definition) is 1. The number of benzene rings is 2. The Labute approximate surface area is 280 Å². The number of hydrogen-bond acceptors (Lipinski definition) is 6. The van der Waals surface area contributed by atoms with Crippen LogP contribution in [0.3, 0.4) is 0 Å². The van der Waals surface area contributed by atoms with Gasteiger partial charge in [0.05, 0.1) is 43.9 Å². The van der Waals surface area contributed by atoms with E-state index in [1.165, 1.54) is 75.8 Å². The maximum absolute atomic E-state index is 13.8. The van der Waals surface area contributed by atoms with Crippen molar-refractivity contribution in [3.8, 4) is 11.4 Å². The van der Waals surface area contributed by atoms with Crippen LogP contribution in [0, 0.1) is 18.6 Å². The number of nitrogens with zero attached hydrogens (tertiary/aromatic N) is 5. The van der Waals surface area contributed by atoms with E-state index in [1.807, 2.05) is 44.1 Å². The minimum absolute atomic E-state index is 0.0917. The minimum Gasteiger partial charge on any atom is -0.494 e. The van der Waals surface area contributed by atoms with Crippen LogP contribution in [0.4, 0.5) is 20.3 Å². The van der Waals surface area contributed by atoms with E-state index in [1.54, 1.807) is 16.7 Å². The van der Waals surface area contributed by atoms with Gasteiger partial charge in [-0.3, -0.25) is 19.1 Å². The van der Waals surface area contributed by atoms with Crippen molar-refractivity contribution < 1.29 is 22.8 Å². The number of piperazine rings is 3. The summed E-state index contributed by atoms with van der Waals surface area (Å²) in [5.41, 5.74) is 1.13. The van der Waals surface area contributed by atoms with E-state index in [9.17, 15) is 18.4 Å². The first kappa shape index (κ1) is 33.5. The Morgan fingerprint density at radius 3 is 2.31 bits per heavy atom. The van der Waals surface area contributed by atoms with Crippen molar-refractivity contribution in [3.05, 3.63) is 87.7 Å². The lowest BCUT2D eigenvalue weighted by molar-refractivity contribution is -0.941. The smallest absolute Gasteiger partial charge is 0.261 e. The van der Waals surface area contributed by atoms with Crippen LogP contribution in [0.25, 0.3) is 16.7 Å². The van der Waals surface area contributed by atoms with Gasteiger partial charge in [0.1, 0.15) is 28.8 Å². The lowest BCUT2D eigenvalue weighted by Crippen LogP contribution is -2.67. The highest BCUT2D eigenvalue weighted by molar-refractivity contribution is 6.05. The van der Waals surface area contributed by atoms with Gasteiger partial charge in [0.2, 0.25) is 5.43 Å². The average molecular weight is 660 g/mol. The van der Waals surface area contributed by atoms with Gasteiger partial charge in [-0.2, -0.15) is 0 Å². The predicted octanol–water partition coefficient (Wildman–Crippen LogP) is 5.77. The number of rotatable bonds is 13. The molecule has 3 aliphatic heterocycles. The van der Waals surface area contributed by atoms with E-state index in [0.29, 0.717) is 29.8 Å². The largest absolute Gasteiger partial charge is 0.494 e. The van der Waals surface area contributed by atoms with Crippen molar-refractivity contribution >= 4 is 28.4 Å². The monoisotopic (exact) mass is 659 g/mol. The summed E-state index contributed by atoms with van der Waals surface area (Å²) in [6.45, 7) is 11.7. The SMILES string of the molecule is Cc1cc(OCCCCCCC[N+]23CCN(CC2)CC3)ccc1-n1cc(C(=O)Nc2cc(F)cc(F)c2)c(=O)c2ccc(N(C)C)nc21. The number of ether oxygens (including phenoxy) is 1. The fourth-order valence-electron chi connectivity index (χ4n) is 6.94. The molecule has 4 aromatic rings. The summed E-state index contributed by atoms with van der Waals surface area (Å²) in [4.78, 5) is 36.0. The number of carbonyl (C=O) groups is 1. The number of pyridine rings is 2. The number of quaternary nitrogens is 1. The maximum atomic E-state index is 13.8. The Balaban J connectivity index is 1.13. The molecule has 5 heterocycles. The second-order valence-electron chi connectivity index (χ2n) is 13.4. The molecule has 0 spiro atoms.